The fraction of sp³-hybridized carbons (Fsp3) is 0.545. The van der Waals surface area contributed by atoms with Crippen molar-refractivity contribution in [1.82, 2.24) is 4.98 Å². The van der Waals surface area contributed by atoms with Crippen LogP contribution in [0.15, 0.2) is 24.4 Å². The molecule has 0 spiro atoms. The van der Waals surface area contributed by atoms with Crippen molar-refractivity contribution >= 4 is 34.6 Å². The third kappa shape index (κ3) is 7.18. The first-order chi connectivity index (χ1) is 14.1. The van der Waals surface area contributed by atoms with Gasteiger partial charge in [-0.15, -0.1) is 0 Å². The molecule has 29 heavy (non-hydrogen) atoms. The van der Waals surface area contributed by atoms with Crippen molar-refractivity contribution in [3.05, 3.63) is 24.4 Å². The number of carbonyl (C=O) groups excluding carboxylic acids is 2. The molecule has 0 radical (unpaired) electrons. The number of carbonyl (C=O) groups is 2. The summed E-state index contributed by atoms with van der Waals surface area (Å²) in [5.41, 5.74) is 1.93. The summed E-state index contributed by atoms with van der Waals surface area (Å²) in [6.45, 7) is 1.73. The smallest absolute Gasteiger partial charge is 0.224 e. The molecule has 0 fully saturated rings. The average Bonchev–Trinajstić information content (AvgIpc) is 3.19. The average molecular weight is 404 g/mol. The van der Waals surface area contributed by atoms with Gasteiger partial charge in [-0.05, 0) is 24.6 Å². The summed E-state index contributed by atoms with van der Waals surface area (Å²) in [4.78, 5) is 28.3. The molecule has 1 heterocycles. The van der Waals surface area contributed by atoms with Crippen molar-refractivity contribution in [2.24, 2.45) is 0 Å². The van der Waals surface area contributed by atoms with Gasteiger partial charge in [-0.1, -0.05) is 45.4 Å². The van der Waals surface area contributed by atoms with Crippen molar-refractivity contribution in [2.45, 2.75) is 64.4 Å². The Balaban J connectivity index is 1.98. The van der Waals surface area contributed by atoms with E-state index in [1.165, 1.54) is 30.6 Å². The fourth-order valence-corrected chi connectivity index (χ4v) is 3.41. The third-order valence-electron chi connectivity index (χ3n) is 4.99. The van der Waals surface area contributed by atoms with Gasteiger partial charge in [-0.2, -0.15) is 0 Å². The Labute approximate surface area is 172 Å². The largest absolute Gasteiger partial charge is 0.394 e. The van der Waals surface area contributed by atoms with Crippen molar-refractivity contribution < 1.29 is 19.8 Å². The number of nitrogens with zero attached hydrogens (tertiary/aromatic N) is 1. The lowest BCUT2D eigenvalue weighted by Crippen LogP contribution is -2.33. The monoisotopic (exact) mass is 403 g/mol. The molecule has 0 saturated carbocycles. The van der Waals surface area contributed by atoms with Crippen LogP contribution in [0.3, 0.4) is 0 Å². The number of aliphatic hydroxyl groups is 2. The van der Waals surface area contributed by atoms with Gasteiger partial charge in [-0.3, -0.25) is 9.59 Å². The van der Waals surface area contributed by atoms with Gasteiger partial charge in [0.15, 0.2) is 0 Å². The van der Waals surface area contributed by atoms with Crippen molar-refractivity contribution in [1.29, 1.82) is 0 Å². The first kappa shape index (κ1) is 22.9. The van der Waals surface area contributed by atoms with Crippen LogP contribution in [0.4, 0.5) is 11.4 Å². The Morgan fingerprint density at radius 3 is 2.62 bits per heavy atom. The SMILES string of the molecule is CCCCCCCCCC(=O)Nc1cc(N(C=O)CC(O)CO)c2cc[nH]c2c1. The molecule has 0 aliphatic heterocycles. The third-order valence-corrected chi connectivity index (χ3v) is 4.99. The number of H-pyrrole nitrogens is 1. The van der Waals surface area contributed by atoms with Gasteiger partial charge in [-0.25, -0.2) is 0 Å². The molecule has 0 saturated heterocycles. The molecule has 0 aliphatic rings. The second-order valence-corrected chi connectivity index (χ2v) is 7.45. The predicted octanol–water partition coefficient (Wildman–Crippen LogP) is 3.56. The molecular weight excluding hydrogens is 370 g/mol. The van der Waals surface area contributed by atoms with Crippen LogP contribution in [-0.2, 0) is 9.59 Å². The number of aromatic amines is 1. The van der Waals surface area contributed by atoms with Crippen LogP contribution in [0.5, 0.6) is 0 Å². The minimum absolute atomic E-state index is 0.0320. The number of nitrogens with one attached hydrogen (secondary N) is 2. The van der Waals surface area contributed by atoms with Gasteiger partial charge in [0.05, 0.1) is 24.9 Å². The molecule has 1 aromatic heterocycles. The molecule has 0 bridgehead atoms. The second kappa shape index (κ2) is 12.2. The molecule has 1 aromatic carbocycles. The molecule has 1 atom stereocenters. The zero-order chi connectivity index (χ0) is 21.1. The highest BCUT2D eigenvalue weighted by Gasteiger charge is 2.16. The molecular formula is C22H33N3O4. The van der Waals surface area contributed by atoms with Gasteiger partial charge in [0.1, 0.15) is 0 Å². The van der Waals surface area contributed by atoms with E-state index in [0.29, 0.717) is 24.2 Å². The van der Waals surface area contributed by atoms with Crippen LogP contribution in [0.25, 0.3) is 10.9 Å². The topological polar surface area (TPSA) is 106 Å². The number of benzene rings is 1. The molecule has 1 unspecified atom stereocenters. The summed E-state index contributed by atoms with van der Waals surface area (Å²) in [5, 5.41) is 22.5. The quantitative estimate of drug-likeness (QED) is 0.286. The lowest BCUT2D eigenvalue weighted by molar-refractivity contribution is -0.116. The zero-order valence-corrected chi connectivity index (χ0v) is 17.2. The standard InChI is InChI=1S/C22H33N3O4/c1-2-3-4-5-6-7-8-9-22(29)24-17-12-20-19(10-11-23-20)21(13-17)25(16-27)14-18(28)15-26/h10-13,16,18,23,26,28H,2-9,14-15H2,1H3,(H,24,29). The maximum atomic E-state index is 12.3. The number of aliphatic hydroxyl groups excluding tert-OH is 2. The summed E-state index contributed by atoms with van der Waals surface area (Å²) in [7, 11) is 0. The number of hydrogen-bond acceptors (Lipinski definition) is 4. The molecule has 7 nitrogen and oxygen atoms in total. The molecule has 0 aliphatic carbocycles. The van der Waals surface area contributed by atoms with Crippen molar-refractivity contribution in [3.8, 4) is 0 Å². The number of unbranched alkanes of at least 4 members (excludes halogenated alkanes) is 6. The van der Waals surface area contributed by atoms with Crippen LogP contribution in [-0.4, -0.2) is 46.8 Å². The molecule has 4 N–H and O–H groups in total. The van der Waals surface area contributed by atoms with E-state index in [1.54, 1.807) is 12.3 Å². The Morgan fingerprint density at radius 2 is 1.93 bits per heavy atom. The minimum Gasteiger partial charge on any atom is -0.394 e. The van der Waals surface area contributed by atoms with E-state index in [9.17, 15) is 14.7 Å². The fourth-order valence-electron chi connectivity index (χ4n) is 3.41. The van der Waals surface area contributed by atoms with Gasteiger partial charge in [0.25, 0.3) is 0 Å². The summed E-state index contributed by atoms with van der Waals surface area (Å²) < 4.78 is 0. The van der Waals surface area contributed by atoms with Crippen LogP contribution < -0.4 is 10.2 Å². The maximum absolute atomic E-state index is 12.3. The Bertz CT molecular complexity index is 775. The zero-order valence-electron chi connectivity index (χ0n) is 17.2. The van der Waals surface area contributed by atoms with Crippen LogP contribution >= 0.6 is 0 Å². The van der Waals surface area contributed by atoms with Crippen LogP contribution in [0, 0.1) is 0 Å². The molecule has 2 aromatic rings. The number of fused-ring (bicyclic) bond motifs is 1. The predicted molar refractivity (Wildman–Crippen MR) is 116 cm³/mol. The van der Waals surface area contributed by atoms with E-state index in [4.69, 9.17) is 5.11 Å². The van der Waals surface area contributed by atoms with E-state index in [-0.39, 0.29) is 12.5 Å². The van der Waals surface area contributed by atoms with Crippen LogP contribution in [0.2, 0.25) is 0 Å². The van der Waals surface area contributed by atoms with Crippen molar-refractivity contribution in [2.75, 3.05) is 23.4 Å². The number of anilines is 2. The van der Waals surface area contributed by atoms with Crippen molar-refractivity contribution in [3.63, 3.8) is 0 Å². The summed E-state index contributed by atoms with van der Waals surface area (Å²) >= 11 is 0. The first-order valence-corrected chi connectivity index (χ1v) is 10.5. The number of rotatable bonds is 14. The highest BCUT2D eigenvalue weighted by molar-refractivity contribution is 6.02. The first-order valence-electron chi connectivity index (χ1n) is 10.5. The van der Waals surface area contributed by atoms with E-state index >= 15 is 0 Å². The van der Waals surface area contributed by atoms with Gasteiger partial charge >= 0.3 is 0 Å². The Morgan fingerprint density at radius 1 is 1.21 bits per heavy atom. The van der Waals surface area contributed by atoms with Gasteiger partial charge in [0, 0.05) is 29.2 Å². The van der Waals surface area contributed by atoms with Gasteiger partial charge in [0.2, 0.25) is 12.3 Å². The lowest BCUT2D eigenvalue weighted by atomic mass is 10.1. The molecule has 7 heteroatoms. The van der Waals surface area contributed by atoms with Crippen LogP contribution in [0.1, 0.15) is 58.3 Å². The Hall–Kier alpha value is -2.38. The highest BCUT2D eigenvalue weighted by atomic mass is 16.3. The number of amides is 2. The van der Waals surface area contributed by atoms with E-state index < -0.39 is 12.7 Å². The number of aromatic nitrogens is 1. The normalized spacial score (nSPS) is 12.1. The molecule has 160 valence electrons. The highest BCUT2D eigenvalue weighted by Crippen LogP contribution is 2.30. The van der Waals surface area contributed by atoms with E-state index in [2.05, 4.69) is 17.2 Å². The minimum atomic E-state index is -1.04. The van der Waals surface area contributed by atoms with E-state index in [0.717, 1.165) is 30.2 Å². The lowest BCUT2D eigenvalue weighted by Gasteiger charge is -2.22. The molecule has 2 amide bonds. The Kier molecular flexibility index (Phi) is 9.67. The maximum Gasteiger partial charge on any atom is 0.224 e. The van der Waals surface area contributed by atoms with Gasteiger partial charge < -0.3 is 25.4 Å². The van der Waals surface area contributed by atoms with E-state index in [1.807, 2.05) is 12.1 Å². The summed E-state index contributed by atoms with van der Waals surface area (Å²) in [5.74, 6) is -0.0524. The molecule has 2 rings (SSSR count). The summed E-state index contributed by atoms with van der Waals surface area (Å²) in [6.07, 6.45) is 9.87. The summed E-state index contributed by atoms with van der Waals surface area (Å²) in [6, 6.07) is 5.38. The number of hydrogen-bond donors (Lipinski definition) is 4. The second-order valence-electron chi connectivity index (χ2n) is 7.45.